The Morgan fingerprint density at radius 1 is 0.800 bits per heavy atom. The Hall–Kier alpha value is -0.640. The predicted octanol–water partition coefficient (Wildman–Crippen LogP) is 5.40. The molecule has 0 aliphatic heterocycles. The van der Waals surface area contributed by atoms with E-state index >= 15 is 0 Å². The first kappa shape index (κ1) is 15.7. The first-order valence-corrected chi connectivity index (χ1v) is 8.36. The molecule has 1 nitrogen and oxygen atoms in total. The molecule has 0 saturated carbocycles. The van der Waals surface area contributed by atoms with Gasteiger partial charge in [-0.2, -0.15) is 0 Å². The maximum atomic E-state index is 5.89. The summed E-state index contributed by atoms with van der Waals surface area (Å²) >= 11 is 6.93. The summed E-state index contributed by atoms with van der Waals surface area (Å²) in [4.78, 5) is 0. The Balaban J connectivity index is 2.02. The smallest absolute Gasteiger partial charge is 0.0655 e. The molecule has 0 aromatic heterocycles. The minimum atomic E-state index is 0.224. The van der Waals surface area contributed by atoms with E-state index in [2.05, 4.69) is 87.3 Å². The summed E-state index contributed by atoms with van der Waals surface area (Å²) in [6, 6.07) is 16.9. The zero-order valence-corrected chi connectivity index (χ0v) is 14.7. The lowest BCUT2D eigenvalue weighted by molar-refractivity contribution is 0.0636. The molecule has 0 N–H and O–H groups in total. The molecule has 0 aliphatic carbocycles. The fraction of sp³-hybridized carbons (Fsp3) is 0.294. The van der Waals surface area contributed by atoms with Crippen LogP contribution in [0.15, 0.2) is 57.5 Å². The Morgan fingerprint density at radius 2 is 1.20 bits per heavy atom. The van der Waals surface area contributed by atoms with Gasteiger partial charge in [0.05, 0.1) is 6.10 Å². The molecule has 0 radical (unpaired) electrons. The standard InChI is InChI=1S/C17H18Br2O/c1-2-20-17(11-13-3-7-15(18)8-4-13)12-14-5-9-16(19)10-6-14/h3-10,17H,2,11-12H2,1H3. The molecule has 3 heteroatoms. The van der Waals surface area contributed by atoms with Gasteiger partial charge in [-0.3, -0.25) is 0 Å². The molecule has 0 heterocycles. The Labute approximate surface area is 137 Å². The summed E-state index contributed by atoms with van der Waals surface area (Å²) in [6.45, 7) is 2.80. The monoisotopic (exact) mass is 396 g/mol. The topological polar surface area (TPSA) is 9.23 Å². The summed E-state index contributed by atoms with van der Waals surface area (Å²) in [5, 5.41) is 0. The summed E-state index contributed by atoms with van der Waals surface area (Å²) in [6.07, 6.45) is 2.11. The second kappa shape index (κ2) is 7.96. The van der Waals surface area contributed by atoms with Gasteiger partial charge in [-0.1, -0.05) is 56.1 Å². The number of benzene rings is 2. The van der Waals surface area contributed by atoms with Gasteiger partial charge < -0.3 is 4.74 Å². The van der Waals surface area contributed by atoms with Crippen molar-refractivity contribution in [3.8, 4) is 0 Å². The molecule has 2 aromatic carbocycles. The van der Waals surface area contributed by atoms with Gasteiger partial charge in [0.1, 0.15) is 0 Å². The fourth-order valence-electron chi connectivity index (χ4n) is 2.19. The second-order valence-corrected chi connectivity index (χ2v) is 6.57. The maximum absolute atomic E-state index is 5.89. The molecule has 0 unspecified atom stereocenters. The van der Waals surface area contributed by atoms with Gasteiger partial charge in [-0.25, -0.2) is 0 Å². The van der Waals surface area contributed by atoms with Crippen LogP contribution in [0.2, 0.25) is 0 Å². The molecule has 0 fully saturated rings. The number of ether oxygens (including phenoxy) is 1. The van der Waals surface area contributed by atoms with Crippen LogP contribution in [0.4, 0.5) is 0 Å². The molecule has 0 amide bonds. The van der Waals surface area contributed by atoms with Crippen LogP contribution in [0.3, 0.4) is 0 Å². The van der Waals surface area contributed by atoms with Crippen molar-refractivity contribution in [2.24, 2.45) is 0 Å². The second-order valence-electron chi connectivity index (χ2n) is 4.74. The molecular formula is C17H18Br2O. The highest BCUT2D eigenvalue weighted by Crippen LogP contribution is 2.17. The minimum Gasteiger partial charge on any atom is -0.378 e. The van der Waals surface area contributed by atoms with Gasteiger partial charge in [0.2, 0.25) is 0 Å². The molecule has 0 saturated heterocycles. The zero-order chi connectivity index (χ0) is 14.4. The van der Waals surface area contributed by atoms with Crippen LogP contribution < -0.4 is 0 Å². The van der Waals surface area contributed by atoms with E-state index in [1.165, 1.54) is 11.1 Å². The van der Waals surface area contributed by atoms with E-state index in [0.717, 1.165) is 28.4 Å². The van der Waals surface area contributed by atoms with E-state index in [4.69, 9.17) is 4.74 Å². The van der Waals surface area contributed by atoms with Crippen LogP contribution in [-0.4, -0.2) is 12.7 Å². The zero-order valence-electron chi connectivity index (χ0n) is 11.5. The maximum Gasteiger partial charge on any atom is 0.0655 e. The normalized spacial score (nSPS) is 11.0. The Bertz CT molecular complexity index is 472. The number of halogens is 2. The highest BCUT2D eigenvalue weighted by molar-refractivity contribution is 9.10. The molecule has 0 aliphatic rings. The quantitative estimate of drug-likeness (QED) is 0.633. The van der Waals surface area contributed by atoms with Gasteiger partial charge in [0.15, 0.2) is 0 Å². The average molecular weight is 398 g/mol. The molecule has 2 rings (SSSR count). The third kappa shape index (κ3) is 5.04. The van der Waals surface area contributed by atoms with Gasteiger partial charge >= 0.3 is 0 Å². The van der Waals surface area contributed by atoms with Gasteiger partial charge in [0, 0.05) is 15.6 Å². The summed E-state index contributed by atoms with van der Waals surface area (Å²) in [7, 11) is 0. The number of hydrogen-bond donors (Lipinski definition) is 0. The van der Waals surface area contributed by atoms with Crippen LogP contribution in [0.5, 0.6) is 0 Å². The predicted molar refractivity (Wildman–Crippen MR) is 91.1 cm³/mol. The third-order valence-corrected chi connectivity index (χ3v) is 4.21. The van der Waals surface area contributed by atoms with Crippen LogP contribution in [0, 0.1) is 0 Å². The molecule has 106 valence electrons. The minimum absolute atomic E-state index is 0.224. The van der Waals surface area contributed by atoms with E-state index in [0.29, 0.717) is 0 Å². The van der Waals surface area contributed by atoms with Crippen molar-refractivity contribution in [1.82, 2.24) is 0 Å². The van der Waals surface area contributed by atoms with Crippen LogP contribution in [0.1, 0.15) is 18.1 Å². The van der Waals surface area contributed by atoms with Crippen LogP contribution in [0.25, 0.3) is 0 Å². The lowest BCUT2D eigenvalue weighted by atomic mass is 10.0. The number of hydrogen-bond acceptors (Lipinski definition) is 1. The molecular weight excluding hydrogens is 380 g/mol. The SMILES string of the molecule is CCOC(Cc1ccc(Br)cc1)Cc1ccc(Br)cc1. The molecule has 0 spiro atoms. The average Bonchev–Trinajstić information content (AvgIpc) is 2.44. The van der Waals surface area contributed by atoms with Gasteiger partial charge in [0.25, 0.3) is 0 Å². The molecule has 20 heavy (non-hydrogen) atoms. The fourth-order valence-corrected chi connectivity index (χ4v) is 2.72. The summed E-state index contributed by atoms with van der Waals surface area (Å²) in [5.74, 6) is 0. The van der Waals surface area contributed by atoms with E-state index in [9.17, 15) is 0 Å². The van der Waals surface area contributed by atoms with Crippen molar-refractivity contribution in [2.75, 3.05) is 6.61 Å². The van der Waals surface area contributed by atoms with E-state index in [-0.39, 0.29) is 6.10 Å². The highest BCUT2D eigenvalue weighted by Gasteiger charge is 2.11. The first-order chi connectivity index (χ1) is 9.67. The van der Waals surface area contributed by atoms with Crippen LogP contribution >= 0.6 is 31.9 Å². The van der Waals surface area contributed by atoms with E-state index in [1.807, 2.05) is 0 Å². The third-order valence-electron chi connectivity index (χ3n) is 3.16. The molecule has 0 bridgehead atoms. The Kier molecular flexibility index (Phi) is 6.27. The first-order valence-electron chi connectivity index (χ1n) is 6.78. The summed E-state index contributed by atoms with van der Waals surface area (Å²) in [5.41, 5.74) is 2.62. The lowest BCUT2D eigenvalue weighted by Gasteiger charge is -2.17. The summed E-state index contributed by atoms with van der Waals surface area (Å²) < 4.78 is 8.11. The molecule has 0 atom stereocenters. The Morgan fingerprint density at radius 3 is 1.55 bits per heavy atom. The van der Waals surface area contributed by atoms with E-state index < -0.39 is 0 Å². The largest absolute Gasteiger partial charge is 0.378 e. The van der Waals surface area contributed by atoms with Crippen molar-refractivity contribution >= 4 is 31.9 Å². The van der Waals surface area contributed by atoms with Crippen LogP contribution in [-0.2, 0) is 17.6 Å². The van der Waals surface area contributed by atoms with Crippen molar-refractivity contribution in [3.63, 3.8) is 0 Å². The van der Waals surface area contributed by atoms with Crippen molar-refractivity contribution < 1.29 is 4.74 Å². The number of rotatable bonds is 6. The highest BCUT2D eigenvalue weighted by atomic mass is 79.9. The van der Waals surface area contributed by atoms with Gasteiger partial charge in [-0.15, -0.1) is 0 Å². The van der Waals surface area contributed by atoms with E-state index in [1.54, 1.807) is 0 Å². The van der Waals surface area contributed by atoms with Crippen molar-refractivity contribution in [3.05, 3.63) is 68.6 Å². The lowest BCUT2D eigenvalue weighted by Crippen LogP contribution is -2.19. The van der Waals surface area contributed by atoms with Crippen molar-refractivity contribution in [1.29, 1.82) is 0 Å². The molecule has 2 aromatic rings. The van der Waals surface area contributed by atoms with Gasteiger partial charge in [-0.05, 0) is 55.2 Å². The van der Waals surface area contributed by atoms with Crippen molar-refractivity contribution in [2.45, 2.75) is 25.9 Å².